The number of nitrogens with zero attached hydrogens (tertiary/aromatic N) is 1. The van der Waals surface area contributed by atoms with E-state index < -0.39 is 0 Å². The zero-order valence-corrected chi connectivity index (χ0v) is 11.5. The van der Waals surface area contributed by atoms with E-state index in [1.54, 1.807) is 6.20 Å². The Morgan fingerprint density at radius 3 is 2.95 bits per heavy atom. The van der Waals surface area contributed by atoms with Gasteiger partial charge in [-0.15, -0.1) is 0 Å². The van der Waals surface area contributed by atoms with E-state index in [1.165, 1.54) is 6.21 Å². The van der Waals surface area contributed by atoms with Crippen LogP contribution in [0.15, 0.2) is 41.6 Å². The fourth-order valence-electron chi connectivity index (χ4n) is 1.65. The molecule has 5 nitrogen and oxygen atoms in total. The van der Waals surface area contributed by atoms with Crippen LogP contribution < -0.4 is 10.2 Å². The third-order valence-electron chi connectivity index (χ3n) is 2.93. The molecule has 0 spiro atoms. The van der Waals surface area contributed by atoms with Crippen LogP contribution in [0.2, 0.25) is 0 Å². The van der Waals surface area contributed by atoms with Gasteiger partial charge in [0.2, 0.25) is 0 Å². The topological polar surface area (TPSA) is 66.5 Å². The van der Waals surface area contributed by atoms with E-state index in [0.717, 1.165) is 16.8 Å². The Morgan fingerprint density at radius 1 is 1.35 bits per heavy atom. The van der Waals surface area contributed by atoms with Gasteiger partial charge < -0.3 is 9.72 Å². The molecule has 1 aromatic carbocycles. The normalized spacial score (nSPS) is 10.7. The molecule has 0 bridgehead atoms. The molecule has 0 aliphatic heterocycles. The van der Waals surface area contributed by atoms with E-state index in [0.29, 0.717) is 5.75 Å². The minimum absolute atomic E-state index is 0.0631. The third-order valence-corrected chi connectivity index (χ3v) is 2.93. The Balaban J connectivity index is 1.82. The molecule has 0 saturated heterocycles. The van der Waals surface area contributed by atoms with Crippen molar-refractivity contribution in [3.63, 3.8) is 0 Å². The number of H-pyrrole nitrogens is 1. The molecule has 0 saturated carbocycles. The number of amides is 1. The summed E-state index contributed by atoms with van der Waals surface area (Å²) in [4.78, 5) is 14.5. The quantitative estimate of drug-likeness (QED) is 0.646. The smallest absolute Gasteiger partial charge is 0.277 e. The third kappa shape index (κ3) is 3.71. The molecule has 104 valence electrons. The van der Waals surface area contributed by atoms with E-state index in [-0.39, 0.29) is 12.5 Å². The van der Waals surface area contributed by atoms with Gasteiger partial charge >= 0.3 is 0 Å². The number of aryl methyl sites for hydroxylation is 1. The summed E-state index contributed by atoms with van der Waals surface area (Å²) < 4.78 is 5.47. The number of nitrogens with one attached hydrogen (secondary N) is 2. The molecule has 2 rings (SSSR count). The molecule has 1 amide bonds. The van der Waals surface area contributed by atoms with Gasteiger partial charge in [0.25, 0.3) is 5.91 Å². The first kappa shape index (κ1) is 13.9. The first-order chi connectivity index (χ1) is 9.66. The van der Waals surface area contributed by atoms with Crippen LogP contribution in [-0.2, 0) is 4.79 Å². The number of aromatic amines is 1. The average Bonchev–Trinajstić information content (AvgIpc) is 2.94. The molecule has 2 aromatic rings. The minimum Gasteiger partial charge on any atom is -0.483 e. The lowest BCUT2D eigenvalue weighted by atomic mass is 10.1. The summed E-state index contributed by atoms with van der Waals surface area (Å²) >= 11 is 0. The molecule has 5 heteroatoms. The predicted octanol–water partition coefficient (Wildman–Crippen LogP) is 2.16. The van der Waals surface area contributed by atoms with Gasteiger partial charge in [-0.05, 0) is 43.2 Å². The largest absolute Gasteiger partial charge is 0.483 e. The van der Waals surface area contributed by atoms with Gasteiger partial charge in [-0.25, -0.2) is 5.43 Å². The lowest BCUT2D eigenvalue weighted by Gasteiger charge is -2.09. The van der Waals surface area contributed by atoms with Crippen LogP contribution in [0.4, 0.5) is 0 Å². The number of hydrogen-bond donors (Lipinski definition) is 2. The lowest BCUT2D eigenvalue weighted by Crippen LogP contribution is -2.24. The first-order valence-electron chi connectivity index (χ1n) is 6.31. The van der Waals surface area contributed by atoms with Crippen molar-refractivity contribution in [1.29, 1.82) is 0 Å². The summed E-state index contributed by atoms with van der Waals surface area (Å²) in [6.07, 6.45) is 3.32. The Hall–Kier alpha value is -2.56. The molecule has 0 atom stereocenters. The molecular formula is C15H17N3O2. The molecule has 2 N–H and O–H groups in total. The monoisotopic (exact) mass is 271 g/mol. The van der Waals surface area contributed by atoms with E-state index in [4.69, 9.17) is 4.74 Å². The van der Waals surface area contributed by atoms with Crippen molar-refractivity contribution in [2.24, 2.45) is 5.10 Å². The molecule has 0 aliphatic carbocycles. The molecule has 0 fully saturated rings. The van der Waals surface area contributed by atoms with Crippen molar-refractivity contribution in [3.8, 4) is 5.75 Å². The summed E-state index contributed by atoms with van der Waals surface area (Å²) in [5.41, 5.74) is 5.40. The SMILES string of the molecule is Cc1cccc(OCC(=O)N/N=C\c2ccc[nH]2)c1C. The Bertz CT molecular complexity index is 604. The van der Waals surface area contributed by atoms with Gasteiger partial charge in [0.15, 0.2) is 6.61 Å². The van der Waals surface area contributed by atoms with Gasteiger partial charge in [-0.1, -0.05) is 12.1 Å². The average molecular weight is 271 g/mol. The molecule has 0 unspecified atom stereocenters. The second-order valence-corrected chi connectivity index (χ2v) is 4.41. The summed E-state index contributed by atoms with van der Waals surface area (Å²) in [7, 11) is 0. The summed E-state index contributed by atoms with van der Waals surface area (Å²) in [6.45, 7) is 3.90. The fourth-order valence-corrected chi connectivity index (χ4v) is 1.65. The summed E-state index contributed by atoms with van der Waals surface area (Å²) in [5, 5.41) is 3.83. The zero-order chi connectivity index (χ0) is 14.4. The molecule has 1 aromatic heterocycles. The van der Waals surface area contributed by atoms with Gasteiger partial charge in [-0.3, -0.25) is 4.79 Å². The van der Waals surface area contributed by atoms with E-state index >= 15 is 0 Å². The number of hydrazone groups is 1. The van der Waals surface area contributed by atoms with Gasteiger partial charge in [0.1, 0.15) is 5.75 Å². The maximum absolute atomic E-state index is 11.6. The molecule has 20 heavy (non-hydrogen) atoms. The number of benzene rings is 1. The van der Waals surface area contributed by atoms with Crippen molar-refractivity contribution in [2.75, 3.05) is 6.61 Å². The van der Waals surface area contributed by atoms with E-state index in [2.05, 4.69) is 15.5 Å². The minimum atomic E-state index is -0.297. The van der Waals surface area contributed by atoms with Gasteiger partial charge in [0, 0.05) is 6.20 Å². The summed E-state index contributed by atoms with van der Waals surface area (Å²) in [6, 6.07) is 9.45. The van der Waals surface area contributed by atoms with Crippen LogP contribution in [0.3, 0.4) is 0 Å². The van der Waals surface area contributed by atoms with Crippen LogP contribution in [0.5, 0.6) is 5.75 Å². The van der Waals surface area contributed by atoms with Crippen LogP contribution in [0.25, 0.3) is 0 Å². The molecule has 0 aliphatic rings. The predicted molar refractivity (Wildman–Crippen MR) is 77.9 cm³/mol. The fraction of sp³-hybridized carbons (Fsp3) is 0.200. The molecular weight excluding hydrogens is 254 g/mol. The number of rotatable bonds is 5. The Kier molecular flexibility index (Phi) is 4.55. The highest BCUT2D eigenvalue weighted by molar-refractivity contribution is 5.81. The van der Waals surface area contributed by atoms with Crippen LogP contribution in [-0.4, -0.2) is 23.7 Å². The van der Waals surface area contributed by atoms with Crippen molar-refractivity contribution >= 4 is 12.1 Å². The maximum atomic E-state index is 11.6. The number of ether oxygens (including phenoxy) is 1. The highest BCUT2D eigenvalue weighted by Crippen LogP contribution is 2.20. The Labute approximate surface area is 117 Å². The van der Waals surface area contributed by atoms with Crippen molar-refractivity contribution < 1.29 is 9.53 Å². The molecule has 0 radical (unpaired) electrons. The van der Waals surface area contributed by atoms with E-state index in [9.17, 15) is 4.79 Å². The number of carbonyl (C=O) groups is 1. The number of aromatic nitrogens is 1. The first-order valence-corrected chi connectivity index (χ1v) is 6.31. The van der Waals surface area contributed by atoms with Crippen LogP contribution in [0, 0.1) is 13.8 Å². The number of hydrogen-bond acceptors (Lipinski definition) is 3. The second-order valence-electron chi connectivity index (χ2n) is 4.41. The van der Waals surface area contributed by atoms with Crippen molar-refractivity contribution in [1.82, 2.24) is 10.4 Å². The highest BCUT2D eigenvalue weighted by atomic mass is 16.5. The van der Waals surface area contributed by atoms with Gasteiger partial charge in [0.05, 0.1) is 11.9 Å². The van der Waals surface area contributed by atoms with Crippen molar-refractivity contribution in [3.05, 3.63) is 53.3 Å². The second kappa shape index (κ2) is 6.56. The highest BCUT2D eigenvalue weighted by Gasteiger charge is 2.05. The maximum Gasteiger partial charge on any atom is 0.277 e. The van der Waals surface area contributed by atoms with Crippen molar-refractivity contribution in [2.45, 2.75) is 13.8 Å². The zero-order valence-electron chi connectivity index (χ0n) is 11.5. The lowest BCUT2D eigenvalue weighted by molar-refractivity contribution is -0.123. The van der Waals surface area contributed by atoms with Crippen LogP contribution in [0.1, 0.15) is 16.8 Å². The van der Waals surface area contributed by atoms with Crippen LogP contribution >= 0.6 is 0 Å². The number of carbonyl (C=O) groups excluding carboxylic acids is 1. The summed E-state index contributed by atoms with van der Waals surface area (Å²) in [5.74, 6) is 0.419. The Morgan fingerprint density at radius 2 is 2.20 bits per heavy atom. The standard InChI is InChI=1S/C15H17N3O2/c1-11-5-3-7-14(12(11)2)20-10-15(19)18-17-9-13-6-4-8-16-13/h3-9,16H,10H2,1-2H3,(H,18,19)/b17-9-. The van der Waals surface area contributed by atoms with Gasteiger partial charge in [-0.2, -0.15) is 5.10 Å². The van der Waals surface area contributed by atoms with E-state index in [1.807, 2.05) is 44.2 Å². The molecule has 1 heterocycles.